The summed E-state index contributed by atoms with van der Waals surface area (Å²) in [6, 6.07) is 2.04. The fourth-order valence-corrected chi connectivity index (χ4v) is 2.39. The molecule has 0 bridgehead atoms. The van der Waals surface area contributed by atoms with Crippen molar-refractivity contribution in [2.75, 3.05) is 33.4 Å². The Morgan fingerprint density at radius 3 is 3.06 bits per heavy atom. The van der Waals surface area contributed by atoms with Crippen LogP contribution in [0.3, 0.4) is 0 Å². The second-order valence-corrected chi connectivity index (χ2v) is 4.97. The van der Waals surface area contributed by atoms with Crippen LogP contribution in [0.5, 0.6) is 0 Å². The standard InChI is InChI=1S/C14H21NO2S/c1-3-17-10-8-15(2)12-14-13(7-11-18-14)6-4-5-9-16/h7,11,16H,3,5,8-10,12H2,1-2H3. The summed E-state index contributed by atoms with van der Waals surface area (Å²) in [5.74, 6) is 6.08. The molecule has 1 aromatic rings. The van der Waals surface area contributed by atoms with Crippen LogP contribution in [0.2, 0.25) is 0 Å². The van der Waals surface area contributed by atoms with Crippen molar-refractivity contribution >= 4 is 11.3 Å². The first kappa shape index (κ1) is 15.2. The van der Waals surface area contributed by atoms with Gasteiger partial charge in [0.05, 0.1) is 13.2 Å². The van der Waals surface area contributed by atoms with E-state index in [0.29, 0.717) is 6.42 Å². The highest BCUT2D eigenvalue weighted by Crippen LogP contribution is 2.17. The quantitative estimate of drug-likeness (QED) is 0.605. The third kappa shape index (κ3) is 5.65. The molecule has 3 nitrogen and oxygen atoms in total. The number of thiophene rings is 1. The number of nitrogens with zero attached hydrogens (tertiary/aromatic N) is 1. The van der Waals surface area contributed by atoms with Crippen LogP contribution in [-0.2, 0) is 11.3 Å². The SMILES string of the molecule is CCOCCN(C)Cc1sccc1C#CCCO. The minimum atomic E-state index is 0.126. The van der Waals surface area contributed by atoms with Gasteiger partial charge in [-0.2, -0.15) is 0 Å². The molecule has 0 fully saturated rings. The van der Waals surface area contributed by atoms with Crippen molar-refractivity contribution in [1.29, 1.82) is 0 Å². The maximum absolute atomic E-state index is 8.71. The number of aliphatic hydroxyl groups is 1. The van der Waals surface area contributed by atoms with E-state index in [2.05, 4.69) is 29.2 Å². The minimum absolute atomic E-state index is 0.126. The van der Waals surface area contributed by atoms with Gasteiger partial charge in [-0.25, -0.2) is 0 Å². The Morgan fingerprint density at radius 2 is 2.33 bits per heavy atom. The normalized spacial score (nSPS) is 10.4. The van der Waals surface area contributed by atoms with Crippen molar-refractivity contribution in [2.24, 2.45) is 0 Å². The first-order valence-electron chi connectivity index (χ1n) is 6.20. The minimum Gasteiger partial charge on any atom is -0.395 e. The molecule has 0 aromatic carbocycles. The van der Waals surface area contributed by atoms with Gasteiger partial charge in [0.1, 0.15) is 0 Å². The van der Waals surface area contributed by atoms with Gasteiger partial charge < -0.3 is 9.84 Å². The van der Waals surface area contributed by atoms with Crippen molar-refractivity contribution in [1.82, 2.24) is 4.90 Å². The molecule has 1 rings (SSSR count). The Kier molecular flexibility index (Phi) is 7.70. The first-order valence-corrected chi connectivity index (χ1v) is 7.08. The molecule has 0 radical (unpaired) electrons. The zero-order valence-corrected chi connectivity index (χ0v) is 11.9. The second-order valence-electron chi connectivity index (χ2n) is 3.97. The van der Waals surface area contributed by atoms with Gasteiger partial charge in [-0.05, 0) is 25.4 Å². The van der Waals surface area contributed by atoms with E-state index in [0.717, 1.165) is 31.9 Å². The molecular weight excluding hydrogens is 246 g/mol. The zero-order chi connectivity index (χ0) is 13.2. The molecule has 1 N–H and O–H groups in total. The summed E-state index contributed by atoms with van der Waals surface area (Å²) in [5.41, 5.74) is 1.08. The van der Waals surface area contributed by atoms with Crippen LogP contribution in [0, 0.1) is 11.8 Å². The third-order valence-electron chi connectivity index (χ3n) is 2.44. The fourth-order valence-electron chi connectivity index (χ4n) is 1.48. The Hall–Kier alpha value is -0.860. The number of ether oxygens (including phenoxy) is 1. The van der Waals surface area contributed by atoms with Gasteiger partial charge >= 0.3 is 0 Å². The molecule has 0 unspecified atom stereocenters. The van der Waals surface area contributed by atoms with Crippen LogP contribution >= 0.6 is 11.3 Å². The van der Waals surface area contributed by atoms with Crippen LogP contribution in [0.15, 0.2) is 11.4 Å². The summed E-state index contributed by atoms with van der Waals surface area (Å²) in [6.45, 7) is 5.49. The summed E-state index contributed by atoms with van der Waals surface area (Å²) in [5, 5.41) is 10.8. The molecule has 100 valence electrons. The van der Waals surface area contributed by atoms with Gasteiger partial charge in [-0.1, -0.05) is 11.8 Å². The number of likely N-dealkylation sites (N-methyl/N-ethyl adjacent to an activating group) is 1. The Balaban J connectivity index is 2.47. The number of rotatable bonds is 7. The molecule has 0 aliphatic carbocycles. The molecule has 0 amide bonds. The summed E-state index contributed by atoms with van der Waals surface area (Å²) >= 11 is 1.73. The van der Waals surface area contributed by atoms with Crippen LogP contribution < -0.4 is 0 Å². The highest BCUT2D eigenvalue weighted by Gasteiger charge is 2.05. The van der Waals surface area contributed by atoms with E-state index < -0.39 is 0 Å². The molecule has 18 heavy (non-hydrogen) atoms. The van der Waals surface area contributed by atoms with E-state index in [1.807, 2.05) is 13.0 Å². The summed E-state index contributed by atoms with van der Waals surface area (Å²) in [6.07, 6.45) is 0.537. The predicted octanol–water partition coefficient (Wildman–Crippen LogP) is 1.95. The Bertz CT molecular complexity index is 392. The van der Waals surface area contributed by atoms with E-state index in [1.54, 1.807) is 11.3 Å². The fraction of sp³-hybridized carbons (Fsp3) is 0.571. The molecule has 0 atom stereocenters. The smallest absolute Gasteiger partial charge is 0.0593 e. The van der Waals surface area contributed by atoms with Crippen molar-refractivity contribution in [3.8, 4) is 11.8 Å². The summed E-state index contributed by atoms with van der Waals surface area (Å²) in [4.78, 5) is 3.51. The van der Waals surface area contributed by atoms with Crippen molar-refractivity contribution in [3.63, 3.8) is 0 Å². The highest BCUT2D eigenvalue weighted by molar-refractivity contribution is 7.10. The van der Waals surface area contributed by atoms with E-state index in [9.17, 15) is 0 Å². The first-order chi connectivity index (χ1) is 8.77. The molecule has 0 aliphatic heterocycles. The average molecular weight is 267 g/mol. The van der Waals surface area contributed by atoms with E-state index >= 15 is 0 Å². The van der Waals surface area contributed by atoms with Gasteiger partial charge in [0.2, 0.25) is 0 Å². The number of aliphatic hydroxyl groups excluding tert-OH is 1. The van der Waals surface area contributed by atoms with Crippen molar-refractivity contribution in [3.05, 3.63) is 21.9 Å². The molecule has 0 saturated carbocycles. The lowest BCUT2D eigenvalue weighted by atomic mass is 10.2. The topological polar surface area (TPSA) is 32.7 Å². The Labute approximate surface area is 113 Å². The van der Waals surface area contributed by atoms with Crippen molar-refractivity contribution in [2.45, 2.75) is 19.9 Å². The molecule has 4 heteroatoms. The van der Waals surface area contributed by atoms with Crippen LogP contribution in [0.4, 0.5) is 0 Å². The Morgan fingerprint density at radius 1 is 1.50 bits per heavy atom. The maximum atomic E-state index is 8.71. The molecule has 0 saturated heterocycles. The van der Waals surface area contributed by atoms with Crippen LogP contribution in [0.25, 0.3) is 0 Å². The maximum Gasteiger partial charge on any atom is 0.0593 e. The predicted molar refractivity (Wildman–Crippen MR) is 75.7 cm³/mol. The lowest BCUT2D eigenvalue weighted by Gasteiger charge is -2.15. The van der Waals surface area contributed by atoms with Gasteiger partial charge in [0.25, 0.3) is 0 Å². The van der Waals surface area contributed by atoms with E-state index in [1.165, 1.54) is 4.88 Å². The average Bonchev–Trinajstić information content (AvgIpc) is 2.77. The molecule has 1 heterocycles. The van der Waals surface area contributed by atoms with E-state index in [4.69, 9.17) is 9.84 Å². The lowest BCUT2D eigenvalue weighted by Crippen LogP contribution is -2.22. The monoisotopic (exact) mass is 267 g/mol. The largest absolute Gasteiger partial charge is 0.395 e. The third-order valence-corrected chi connectivity index (χ3v) is 3.35. The second kappa shape index (κ2) is 9.12. The van der Waals surface area contributed by atoms with Crippen LogP contribution in [0.1, 0.15) is 23.8 Å². The molecule has 0 aliphatic rings. The lowest BCUT2D eigenvalue weighted by molar-refractivity contribution is 0.120. The zero-order valence-electron chi connectivity index (χ0n) is 11.1. The highest BCUT2D eigenvalue weighted by atomic mass is 32.1. The molecular formula is C14H21NO2S. The van der Waals surface area contributed by atoms with Crippen LogP contribution in [-0.4, -0.2) is 43.4 Å². The number of hydrogen-bond acceptors (Lipinski definition) is 4. The van der Waals surface area contributed by atoms with Gasteiger partial charge in [0, 0.05) is 36.6 Å². The molecule has 1 aromatic heterocycles. The van der Waals surface area contributed by atoms with Gasteiger partial charge in [-0.3, -0.25) is 4.90 Å². The van der Waals surface area contributed by atoms with E-state index in [-0.39, 0.29) is 6.61 Å². The van der Waals surface area contributed by atoms with Gasteiger partial charge in [0.15, 0.2) is 0 Å². The van der Waals surface area contributed by atoms with Crippen molar-refractivity contribution < 1.29 is 9.84 Å². The number of hydrogen-bond donors (Lipinski definition) is 1. The summed E-state index contributed by atoms with van der Waals surface area (Å²) in [7, 11) is 2.09. The molecule has 0 spiro atoms. The van der Waals surface area contributed by atoms with Gasteiger partial charge in [-0.15, -0.1) is 11.3 Å². The summed E-state index contributed by atoms with van der Waals surface area (Å²) < 4.78 is 5.34.